The van der Waals surface area contributed by atoms with Crippen LogP contribution in [0.25, 0.3) is 0 Å². The van der Waals surface area contributed by atoms with Crippen LogP contribution < -0.4 is 0 Å². The minimum Gasteiger partial charge on any atom is -0.465 e. The summed E-state index contributed by atoms with van der Waals surface area (Å²) in [4.78, 5) is 20.5. The van der Waals surface area contributed by atoms with Gasteiger partial charge in [-0.05, 0) is 6.92 Å². The summed E-state index contributed by atoms with van der Waals surface area (Å²) in [5.74, 6) is 1.63. The van der Waals surface area contributed by atoms with E-state index < -0.39 is 28.2 Å². The number of hydrogen-bond acceptors (Lipinski definition) is 4. The second kappa shape index (κ2) is 6.44. The van der Waals surface area contributed by atoms with E-state index in [4.69, 9.17) is 0 Å². The lowest BCUT2D eigenvalue weighted by atomic mass is 10.2. The van der Waals surface area contributed by atoms with Gasteiger partial charge in [-0.2, -0.15) is 4.39 Å². The first-order valence-electron chi connectivity index (χ1n) is 5.23. The second-order valence-corrected chi connectivity index (χ2v) is 3.32. The Morgan fingerprint density at radius 3 is 2.68 bits per heavy atom. The van der Waals surface area contributed by atoms with Crippen molar-refractivity contribution in [2.75, 3.05) is 6.61 Å². The van der Waals surface area contributed by atoms with Crippen LogP contribution in [-0.4, -0.2) is 17.5 Å². The summed E-state index contributed by atoms with van der Waals surface area (Å²) >= 11 is 0. The summed E-state index contributed by atoms with van der Waals surface area (Å²) in [5.41, 5.74) is -1.22. The summed E-state index contributed by atoms with van der Waals surface area (Å²) in [5, 5.41) is 10.5. The third-order valence-electron chi connectivity index (χ3n) is 1.99. The largest absolute Gasteiger partial charge is 0.465 e. The standard InChI is InChI=1S/C12H9F2NO4/c1-2-19-12(16)5-3-4-8-6-11(15(17)18)10(14)7-9(8)13/h6-7H,2,5H2,1H3. The Labute approximate surface area is 107 Å². The molecule has 0 saturated heterocycles. The van der Waals surface area contributed by atoms with Gasteiger partial charge in [0.15, 0.2) is 0 Å². The maximum Gasteiger partial charge on any atom is 0.317 e. The number of carbonyl (C=O) groups is 1. The number of carbonyl (C=O) groups excluding carboxylic acids is 1. The minimum atomic E-state index is -1.28. The Morgan fingerprint density at radius 2 is 2.11 bits per heavy atom. The minimum absolute atomic E-state index is 0.191. The first kappa shape index (κ1) is 14.6. The highest BCUT2D eigenvalue weighted by atomic mass is 19.1. The molecule has 0 aliphatic heterocycles. The molecule has 0 amide bonds. The molecule has 0 heterocycles. The van der Waals surface area contributed by atoms with Crippen molar-refractivity contribution in [1.29, 1.82) is 0 Å². The fourth-order valence-electron chi connectivity index (χ4n) is 1.20. The van der Waals surface area contributed by atoms with E-state index in [0.29, 0.717) is 12.1 Å². The van der Waals surface area contributed by atoms with Crippen LogP contribution in [0.3, 0.4) is 0 Å². The predicted molar refractivity (Wildman–Crippen MR) is 61.1 cm³/mol. The lowest BCUT2D eigenvalue weighted by Gasteiger charge is -1.97. The average molecular weight is 269 g/mol. The molecular formula is C12H9F2NO4. The van der Waals surface area contributed by atoms with E-state index >= 15 is 0 Å². The molecule has 19 heavy (non-hydrogen) atoms. The van der Waals surface area contributed by atoms with E-state index in [-0.39, 0.29) is 18.6 Å². The van der Waals surface area contributed by atoms with Crippen molar-refractivity contribution >= 4 is 11.7 Å². The second-order valence-electron chi connectivity index (χ2n) is 3.32. The number of nitro groups is 1. The van der Waals surface area contributed by atoms with Gasteiger partial charge in [-0.3, -0.25) is 14.9 Å². The first-order valence-corrected chi connectivity index (χ1v) is 5.23. The number of ether oxygens (including phenoxy) is 1. The molecule has 0 saturated carbocycles. The molecule has 0 bridgehead atoms. The Morgan fingerprint density at radius 1 is 1.42 bits per heavy atom. The van der Waals surface area contributed by atoms with Gasteiger partial charge in [-0.1, -0.05) is 11.8 Å². The molecule has 0 fully saturated rings. The summed E-state index contributed by atoms with van der Waals surface area (Å²) in [7, 11) is 0. The monoisotopic (exact) mass is 269 g/mol. The first-order chi connectivity index (χ1) is 8.95. The third-order valence-corrected chi connectivity index (χ3v) is 1.99. The number of nitrogens with zero attached hydrogens (tertiary/aromatic N) is 1. The zero-order chi connectivity index (χ0) is 14.4. The van der Waals surface area contributed by atoms with Gasteiger partial charge in [-0.25, -0.2) is 4.39 Å². The Bertz CT molecular complexity index is 575. The van der Waals surface area contributed by atoms with Gasteiger partial charge in [-0.15, -0.1) is 0 Å². The van der Waals surface area contributed by atoms with E-state index in [1.807, 2.05) is 0 Å². The molecule has 0 aliphatic rings. The maximum atomic E-state index is 13.3. The van der Waals surface area contributed by atoms with Gasteiger partial charge in [0.2, 0.25) is 5.82 Å². The van der Waals surface area contributed by atoms with E-state index in [1.54, 1.807) is 6.92 Å². The molecule has 0 spiro atoms. The highest BCUT2D eigenvalue weighted by molar-refractivity contribution is 5.72. The number of esters is 1. The fourth-order valence-corrected chi connectivity index (χ4v) is 1.20. The number of nitro benzene ring substituents is 1. The highest BCUT2D eigenvalue weighted by Gasteiger charge is 2.17. The zero-order valence-electron chi connectivity index (χ0n) is 9.91. The van der Waals surface area contributed by atoms with Gasteiger partial charge < -0.3 is 4.74 Å². The van der Waals surface area contributed by atoms with Crippen molar-refractivity contribution < 1.29 is 23.2 Å². The SMILES string of the molecule is CCOC(=O)CC#Cc1cc([N+](=O)[O-])c(F)cc1F. The van der Waals surface area contributed by atoms with Crippen molar-refractivity contribution in [3.8, 4) is 11.8 Å². The maximum absolute atomic E-state index is 13.3. The molecule has 0 radical (unpaired) electrons. The van der Waals surface area contributed by atoms with Crippen LogP contribution >= 0.6 is 0 Å². The summed E-state index contributed by atoms with van der Waals surface area (Å²) in [6.07, 6.45) is -0.279. The molecule has 1 rings (SSSR count). The number of benzene rings is 1. The van der Waals surface area contributed by atoms with Crippen molar-refractivity contribution in [1.82, 2.24) is 0 Å². The van der Waals surface area contributed by atoms with Gasteiger partial charge >= 0.3 is 11.7 Å². The number of halogens is 2. The molecular weight excluding hydrogens is 260 g/mol. The summed E-state index contributed by atoms with van der Waals surface area (Å²) < 4.78 is 30.9. The molecule has 7 heteroatoms. The molecule has 1 aromatic carbocycles. The van der Waals surface area contributed by atoms with Gasteiger partial charge in [0.05, 0.1) is 17.1 Å². The molecule has 0 aromatic heterocycles. The van der Waals surface area contributed by atoms with Crippen LogP contribution in [0.2, 0.25) is 0 Å². The summed E-state index contributed by atoms with van der Waals surface area (Å²) in [6.45, 7) is 1.81. The van der Waals surface area contributed by atoms with Crippen molar-refractivity contribution in [2.45, 2.75) is 13.3 Å². The molecule has 0 atom stereocenters. The third kappa shape index (κ3) is 4.03. The quantitative estimate of drug-likeness (QED) is 0.365. The van der Waals surface area contributed by atoms with Crippen LogP contribution in [0.4, 0.5) is 14.5 Å². The van der Waals surface area contributed by atoms with Crippen molar-refractivity contribution in [3.63, 3.8) is 0 Å². The normalized spacial score (nSPS) is 9.42. The molecule has 0 unspecified atom stereocenters. The van der Waals surface area contributed by atoms with Gasteiger partial charge in [0, 0.05) is 12.1 Å². The van der Waals surface area contributed by atoms with Crippen LogP contribution in [-0.2, 0) is 9.53 Å². The topological polar surface area (TPSA) is 69.4 Å². The van der Waals surface area contributed by atoms with Crippen LogP contribution in [0.15, 0.2) is 12.1 Å². The average Bonchev–Trinajstić information content (AvgIpc) is 2.31. The highest BCUT2D eigenvalue weighted by Crippen LogP contribution is 2.20. The van der Waals surface area contributed by atoms with Crippen molar-refractivity contribution in [2.24, 2.45) is 0 Å². The zero-order valence-corrected chi connectivity index (χ0v) is 9.91. The van der Waals surface area contributed by atoms with Gasteiger partial charge in [0.1, 0.15) is 12.2 Å². The molecule has 100 valence electrons. The Kier molecular flexibility index (Phi) is 4.94. The molecule has 5 nitrogen and oxygen atoms in total. The van der Waals surface area contributed by atoms with Gasteiger partial charge in [0.25, 0.3) is 0 Å². The summed E-state index contributed by atoms with van der Waals surface area (Å²) in [6, 6.07) is 1.06. The Hall–Kier alpha value is -2.49. The smallest absolute Gasteiger partial charge is 0.317 e. The van der Waals surface area contributed by atoms with Crippen LogP contribution in [0.5, 0.6) is 0 Å². The number of hydrogen-bond donors (Lipinski definition) is 0. The molecule has 0 aliphatic carbocycles. The lowest BCUT2D eigenvalue weighted by Crippen LogP contribution is -2.01. The predicted octanol–water partition coefficient (Wildman–Crippen LogP) is 2.18. The lowest BCUT2D eigenvalue weighted by molar-refractivity contribution is -0.387. The number of rotatable bonds is 3. The van der Waals surface area contributed by atoms with E-state index in [0.717, 1.165) is 0 Å². The van der Waals surface area contributed by atoms with E-state index in [2.05, 4.69) is 16.6 Å². The van der Waals surface area contributed by atoms with Crippen LogP contribution in [0.1, 0.15) is 18.9 Å². The van der Waals surface area contributed by atoms with E-state index in [1.165, 1.54) is 0 Å². The van der Waals surface area contributed by atoms with Crippen LogP contribution in [0, 0.1) is 33.6 Å². The molecule has 0 N–H and O–H groups in total. The van der Waals surface area contributed by atoms with Crippen molar-refractivity contribution in [3.05, 3.63) is 39.4 Å². The molecule has 1 aromatic rings. The Balaban J connectivity index is 2.96. The van der Waals surface area contributed by atoms with E-state index in [9.17, 15) is 23.7 Å². The fraction of sp³-hybridized carbons (Fsp3) is 0.250.